The summed E-state index contributed by atoms with van der Waals surface area (Å²) in [6.45, 7) is 8.87. The zero-order chi connectivity index (χ0) is 36.2. The van der Waals surface area contributed by atoms with Crippen molar-refractivity contribution in [2.45, 2.75) is 76.7 Å². The zero-order valence-corrected chi connectivity index (χ0v) is 30.2. The number of nitrogens with one attached hydrogen (secondary N) is 2. The number of rotatable bonds is 6. The number of amides is 1. The van der Waals surface area contributed by atoms with Crippen molar-refractivity contribution in [1.82, 2.24) is 19.6 Å². The predicted octanol–water partition coefficient (Wildman–Crippen LogP) is 5.81. The number of carbonyl (C=O) groups excluding carboxylic acids is 1. The molecule has 1 spiro atoms. The highest BCUT2D eigenvalue weighted by atomic mass is 16.5. The Balaban J connectivity index is 1.21. The van der Waals surface area contributed by atoms with Crippen LogP contribution in [0.3, 0.4) is 0 Å². The summed E-state index contributed by atoms with van der Waals surface area (Å²) in [5.41, 5.74) is 10.0. The first-order chi connectivity index (χ1) is 25.0. The number of aromatic amines is 1. The highest BCUT2D eigenvalue weighted by Crippen LogP contribution is 2.63. The van der Waals surface area contributed by atoms with Crippen molar-refractivity contribution in [3.05, 3.63) is 134 Å². The molecule has 3 aromatic heterocycles. The minimum absolute atomic E-state index is 0.0895. The van der Waals surface area contributed by atoms with Crippen LogP contribution in [0.2, 0.25) is 0 Å². The maximum Gasteiger partial charge on any atom is 0.253 e. The van der Waals surface area contributed by atoms with Gasteiger partial charge in [0, 0.05) is 75.2 Å². The standard InChI is InChI=1S/C43H44N4O5/c1-22-15-23(2)45-42(51)32(22)20-44-41(50)30-17-28-16-27(26-9-7-6-8-10-26)21-47(28)38(25(30)4)24(3)29-19-36(49)39-37-31(29)18-34-33-11-12-35(48)40(52-39)43(33,37)13-14-46(34)5/h6-12,15-17,19,21,24,33-35,40,48-49H,13-14,18,20H2,1-5H3,(H,44,50)(H,45,51)/t24?,33-,34+,35-,40-,43-/m0/s1. The third kappa shape index (κ3) is 4.61. The lowest BCUT2D eigenvalue weighted by molar-refractivity contribution is -0.0454. The van der Waals surface area contributed by atoms with Crippen molar-refractivity contribution in [3.63, 3.8) is 0 Å². The third-order valence-electron chi connectivity index (χ3n) is 12.7. The zero-order valence-electron chi connectivity index (χ0n) is 30.2. The Hall–Kier alpha value is -5.12. The first kappa shape index (κ1) is 32.8. The lowest BCUT2D eigenvalue weighted by Crippen LogP contribution is -2.64. The molecule has 0 radical (unpaired) electrons. The van der Waals surface area contributed by atoms with Gasteiger partial charge in [0.1, 0.15) is 12.2 Å². The molecular formula is C43H44N4O5. The molecule has 6 atom stereocenters. The van der Waals surface area contributed by atoms with E-state index in [0.717, 1.165) is 69.7 Å². The minimum atomic E-state index is -0.758. The summed E-state index contributed by atoms with van der Waals surface area (Å²) >= 11 is 0. The molecule has 1 fully saturated rings. The van der Waals surface area contributed by atoms with Gasteiger partial charge in [-0.05, 0) is 99.3 Å². The second-order valence-electron chi connectivity index (χ2n) is 15.5. The summed E-state index contributed by atoms with van der Waals surface area (Å²) in [6, 6.07) is 18.2. The maximum atomic E-state index is 14.1. The molecule has 9 nitrogen and oxygen atoms in total. The van der Waals surface area contributed by atoms with Crippen LogP contribution in [0.1, 0.15) is 74.4 Å². The Bertz CT molecular complexity index is 2390. The van der Waals surface area contributed by atoms with Gasteiger partial charge in [-0.15, -0.1) is 0 Å². The SMILES string of the molecule is Cc1cc(C)c(CNC(=O)c2cc3cc(-c4ccccc4)cn3c(C(C)c3cc(O)c4c5c3C[C@@H]3[C@@H]6C=C[C@H](O)[C@H](O4)[C@]56CCN3C)c2C)c(=O)[nH]1. The van der Waals surface area contributed by atoms with Gasteiger partial charge in [0.05, 0.1) is 0 Å². The number of benzene rings is 2. The number of likely N-dealkylation sites (tertiary alicyclic amines) is 1. The van der Waals surface area contributed by atoms with E-state index in [0.29, 0.717) is 16.9 Å². The fourth-order valence-corrected chi connectivity index (χ4v) is 10.2. The Morgan fingerprint density at radius 3 is 2.65 bits per heavy atom. The third-order valence-corrected chi connectivity index (χ3v) is 12.7. The number of aliphatic hydroxyl groups excluding tert-OH is 1. The van der Waals surface area contributed by atoms with E-state index in [2.05, 4.69) is 64.0 Å². The van der Waals surface area contributed by atoms with E-state index in [1.54, 1.807) is 0 Å². The fourth-order valence-electron chi connectivity index (χ4n) is 10.2. The van der Waals surface area contributed by atoms with Gasteiger partial charge in [0.25, 0.3) is 11.5 Å². The van der Waals surface area contributed by atoms with E-state index in [4.69, 9.17) is 4.74 Å². The lowest BCUT2D eigenvalue weighted by atomic mass is 9.52. The number of aromatic nitrogens is 2. The number of aryl methyl sites for hydroxylation is 2. The molecule has 0 saturated carbocycles. The number of aliphatic hydroxyl groups is 1. The molecule has 2 aromatic carbocycles. The van der Waals surface area contributed by atoms with Crippen LogP contribution in [0, 0.1) is 26.7 Å². The Morgan fingerprint density at radius 1 is 1.10 bits per heavy atom. The van der Waals surface area contributed by atoms with Gasteiger partial charge in [-0.2, -0.15) is 0 Å². The maximum absolute atomic E-state index is 14.1. The quantitative estimate of drug-likeness (QED) is 0.167. The van der Waals surface area contributed by atoms with Gasteiger partial charge in [-0.25, -0.2) is 0 Å². The normalized spacial score (nSPS) is 24.8. The van der Waals surface area contributed by atoms with Crippen molar-refractivity contribution in [3.8, 4) is 22.6 Å². The molecule has 4 N–H and O–H groups in total. The summed E-state index contributed by atoms with van der Waals surface area (Å²) in [4.78, 5) is 32.2. The number of phenolic OH excluding ortho intramolecular Hbond substituents is 1. The monoisotopic (exact) mass is 696 g/mol. The highest BCUT2D eigenvalue weighted by molar-refractivity contribution is 5.97. The molecule has 1 unspecified atom stereocenters. The van der Waals surface area contributed by atoms with Crippen molar-refractivity contribution < 1.29 is 19.7 Å². The molecule has 2 aliphatic carbocycles. The first-order valence-electron chi connectivity index (χ1n) is 18.3. The van der Waals surface area contributed by atoms with Crippen LogP contribution >= 0.6 is 0 Å². The number of phenols is 1. The summed E-state index contributed by atoms with van der Waals surface area (Å²) in [6.07, 6.45) is 6.60. The highest BCUT2D eigenvalue weighted by Gasteiger charge is 2.64. The average molecular weight is 697 g/mol. The van der Waals surface area contributed by atoms with Crippen LogP contribution in [0.4, 0.5) is 0 Å². The average Bonchev–Trinajstić information content (AvgIpc) is 3.71. The van der Waals surface area contributed by atoms with E-state index >= 15 is 0 Å². The molecule has 2 bridgehead atoms. The topological polar surface area (TPSA) is 119 Å². The minimum Gasteiger partial charge on any atom is -0.504 e. The van der Waals surface area contributed by atoms with Gasteiger partial charge in [-0.1, -0.05) is 49.4 Å². The number of nitrogens with zero attached hydrogens (tertiary/aromatic N) is 2. The van der Waals surface area contributed by atoms with E-state index in [1.807, 2.05) is 63.2 Å². The summed E-state index contributed by atoms with van der Waals surface area (Å²) < 4.78 is 8.72. The number of fused-ring (bicyclic) bond motifs is 1. The van der Waals surface area contributed by atoms with Crippen LogP contribution in [-0.2, 0) is 18.4 Å². The van der Waals surface area contributed by atoms with Crippen LogP contribution < -0.4 is 15.6 Å². The Labute approximate surface area is 302 Å². The number of piperidine rings is 1. The van der Waals surface area contributed by atoms with Crippen LogP contribution in [0.5, 0.6) is 11.5 Å². The number of H-pyrrole nitrogens is 1. The predicted molar refractivity (Wildman–Crippen MR) is 200 cm³/mol. The van der Waals surface area contributed by atoms with E-state index in [9.17, 15) is 19.8 Å². The molecule has 4 aliphatic rings. The van der Waals surface area contributed by atoms with E-state index in [-0.39, 0.29) is 41.6 Å². The molecule has 1 amide bonds. The fraction of sp³-hybridized carbons (Fsp3) is 0.349. The van der Waals surface area contributed by atoms with Crippen LogP contribution in [0.25, 0.3) is 16.6 Å². The molecule has 1 saturated heterocycles. The smallest absolute Gasteiger partial charge is 0.253 e. The van der Waals surface area contributed by atoms with Crippen molar-refractivity contribution in [2.24, 2.45) is 5.92 Å². The number of likely N-dealkylation sites (N-methyl/N-ethyl adjacent to an activating group) is 1. The number of hydrogen-bond acceptors (Lipinski definition) is 6. The van der Waals surface area contributed by atoms with E-state index in [1.165, 1.54) is 5.56 Å². The Kier molecular flexibility index (Phi) is 7.37. The van der Waals surface area contributed by atoms with Gasteiger partial charge in [0.2, 0.25) is 0 Å². The van der Waals surface area contributed by atoms with Gasteiger partial charge >= 0.3 is 0 Å². The van der Waals surface area contributed by atoms with Crippen molar-refractivity contribution in [1.29, 1.82) is 0 Å². The second-order valence-corrected chi connectivity index (χ2v) is 15.5. The summed E-state index contributed by atoms with van der Waals surface area (Å²) in [5.74, 6) is 0.274. The van der Waals surface area contributed by atoms with Gasteiger partial charge < -0.3 is 34.6 Å². The van der Waals surface area contributed by atoms with Gasteiger partial charge in [0.15, 0.2) is 11.5 Å². The van der Waals surface area contributed by atoms with E-state index < -0.39 is 17.6 Å². The molecule has 5 heterocycles. The summed E-state index contributed by atoms with van der Waals surface area (Å²) in [5, 5.41) is 26.0. The van der Waals surface area contributed by atoms with Crippen molar-refractivity contribution in [2.75, 3.05) is 13.6 Å². The molecule has 5 aromatic rings. The largest absolute Gasteiger partial charge is 0.504 e. The Morgan fingerprint density at radius 2 is 1.88 bits per heavy atom. The molecule has 2 aliphatic heterocycles. The molecule has 9 heteroatoms. The van der Waals surface area contributed by atoms with Crippen molar-refractivity contribution >= 4 is 11.4 Å². The first-order valence-corrected chi connectivity index (χ1v) is 18.3. The molecule has 52 heavy (non-hydrogen) atoms. The number of ether oxygens (including phenoxy) is 1. The summed E-state index contributed by atoms with van der Waals surface area (Å²) in [7, 11) is 2.18. The van der Waals surface area contributed by atoms with Gasteiger partial charge in [-0.3, -0.25) is 9.59 Å². The number of hydrogen-bond donors (Lipinski definition) is 4. The molecule has 266 valence electrons. The van der Waals surface area contributed by atoms with Crippen LogP contribution in [0.15, 0.2) is 77.7 Å². The molecule has 9 rings (SSSR count). The molecular weight excluding hydrogens is 652 g/mol. The number of aromatic hydroxyl groups is 1. The lowest BCUT2D eigenvalue weighted by Gasteiger charge is -2.56. The van der Waals surface area contributed by atoms with Crippen LogP contribution in [-0.4, -0.2) is 62.2 Å². The second kappa shape index (κ2) is 11.7. The number of pyridine rings is 2. The number of carbonyl (C=O) groups is 1.